The predicted octanol–water partition coefficient (Wildman–Crippen LogP) is 17.6. The zero-order chi connectivity index (χ0) is 49.5. The van der Waals surface area contributed by atoms with Crippen molar-refractivity contribution in [2.24, 2.45) is 11.8 Å². The number of hydrogen-bond donors (Lipinski definition) is 0. The van der Waals surface area contributed by atoms with Gasteiger partial charge in [-0.3, -0.25) is 0 Å². The topological polar surface area (TPSA) is 38.7 Å². The summed E-state index contributed by atoms with van der Waals surface area (Å²) in [4.78, 5) is 13.8. The Morgan fingerprint density at radius 2 is 0.931 bits per heavy atom. The van der Waals surface area contributed by atoms with Crippen LogP contribution in [0.4, 0.5) is 0 Å². The van der Waals surface area contributed by atoms with Gasteiger partial charge in [0, 0.05) is 18.6 Å². The van der Waals surface area contributed by atoms with Crippen molar-refractivity contribution in [1.29, 1.82) is 0 Å². The quantitative estimate of drug-likeness (QED) is 0.121. The molecule has 0 fully saturated rings. The third kappa shape index (κ3) is 14.2. The van der Waals surface area contributed by atoms with Crippen LogP contribution in [-0.4, -0.2) is 15.0 Å². The van der Waals surface area contributed by atoms with E-state index in [1.807, 2.05) is 79.3 Å². The fourth-order valence-electron chi connectivity index (χ4n) is 8.69. The minimum Gasteiger partial charge on any atom is -0.304 e. The SMILES string of the molecule is Cc1ccc(-c2[c-]cc(CC(C)C)c(-c3ccccc3)c2)nc1.Cc1ccc(-c2cc(-c3[c-]cccc3)ncc2CC(C)C)c(C)c1.[Ir+3].[c-]1cc(-c2ccccc2)ccc1-c1ccc(-c2ccccc2)cn1. The first-order chi connectivity index (χ1) is 34.6. The molecule has 0 aliphatic carbocycles. The summed E-state index contributed by atoms with van der Waals surface area (Å²) in [6.07, 6.45) is 7.97. The summed E-state index contributed by atoms with van der Waals surface area (Å²) in [5.41, 5.74) is 22.3. The molecular formula is C68H62IrN3. The fourth-order valence-corrected chi connectivity index (χ4v) is 8.69. The Hall–Kier alpha value is -7.36. The largest absolute Gasteiger partial charge is 3.00 e. The van der Waals surface area contributed by atoms with Gasteiger partial charge >= 0.3 is 20.1 Å². The third-order valence-electron chi connectivity index (χ3n) is 12.3. The summed E-state index contributed by atoms with van der Waals surface area (Å²) in [5.74, 6) is 1.22. The van der Waals surface area contributed by atoms with Crippen LogP contribution in [0.1, 0.15) is 55.5 Å². The molecular weight excluding hydrogens is 1050 g/mol. The Balaban J connectivity index is 0.000000157. The Kier molecular flexibility index (Phi) is 18.7. The molecule has 0 saturated carbocycles. The first-order valence-corrected chi connectivity index (χ1v) is 24.7. The second kappa shape index (κ2) is 25.7. The molecule has 0 unspecified atom stereocenters. The maximum Gasteiger partial charge on any atom is 3.00 e. The molecule has 3 heterocycles. The molecule has 0 spiro atoms. The first kappa shape index (κ1) is 52.5. The van der Waals surface area contributed by atoms with Crippen molar-refractivity contribution in [3.63, 3.8) is 0 Å². The molecule has 0 N–H and O–H groups in total. The van der Waals surface area contributed by atoms with Crippen molar-refractivity contribution in [3.8, 4) is 78.3 Å². The smallest absolute Gasteiger partial charge is 0.304 e. The maximum absolute atomic E-state index is 4.70. The summed E-state index contributed by atoms with van der Waals surface area (Å²) in [6, 6.07) is 77.1. The van der Waals surface area contributed by atoms with Crippen LogP contribution in [0.15, 0.2) is 213 Å². The second-order valence-electron chi connectivity index (χ2n) is 19.0. The van der Waals surface area contributed by atoms with E-state index in [-0.39, 0.29) is 20.1 Å². The number of aromatic nitrogens is 3. The van der Waals surface area contributed by atoms with Gasteiger partial charge in [-0.2, -0.15) is 0 Å². The number of benzene rings is 7. The molecule has 4 heteroatoms. The maximum atomic E-state index is 4.70. The molecule has 358 valence electrons. The van der Waals surface area contributed by atoms with Gasteiger partial charge in [0.2, 0.25) is 0 Å². The monoisotopic (exact) mass is 1110 g/mol. The first-order valence-electron chi connectivity index (χ1n) is 24.7. The summed E-state index contributed by atoms with van der Waals surface area (Å²) >= 11 is 0. The molecule has 10 aromatic rings. The molecule has 0 bridgehead atoms. The van der Waals surface area contributed by atoms with Gasteiger partial charge in [-0.05, 0) is 94.7 Å². The standard InChI is InChI=1S/C23H16N.C23H24N.C22H22N.Ir/c1-3-7-18(8-4-1)20-11-13-21(14-12-20)23-16-15-22(17-24-23)19-9-5-2-6-10-19;1-16(2)12-20-15-24-23(19-8-6-5-7-9-19)14-22(20)21-11-10-17(3)13-18(21)4;1-16(2)13-19-10-11-20(22-12-9-17(3)15-23-22)14-21(19)18-7-5-4-6-8-18;/h1-13,15-17H;5-8,10-11,13-16H,12H2,1-4H3;4-10,12,14-16H,13H2,1-3H3;/q3*-1;+3. The summed E-state index contributed by atoms with van der Waals surface area (Å²) in [5, 5.41) is 0. The molecule has 3 aromatic heterocycles. The fraction of sp³-hybridized carbons (Fsp3) is 0.162. The van der Waals surface area contributed by atoms with E-state index >= 15 is 0 Å². The van der Waals surface area contributed by atoms with Crippen molar-refractivity contribution in [1.82, 2.24) is 15.0 Å². The van der Waals surface area contributed by atoms with Crippen LogP contribution in [0, 0.1) is 50.8 Å². The van der Waals surface area contributed by atoms with Crippen molar-refractivity contribution < 1.29 is 20.1 Å². The van der Waals surface area contributed by atoms with Gasteiger partial charge in [0.05, 0.1) is 0 Å². The van der Waals surface area contributed by atoms with Crippen LogP contribution >= 0.6 is 0 Å². The van der Waals surface area contributed by atoms with E-state index in [1.54, 1.807) is 0 Å². The van der Waals surface area contributed by atoms with Crippen molar-refractivity contribution in [2.45, 2.75) is 61.3 Å². The van der Waals surface area contributed by atoms with Crippen LogP contribution in [-0.2, 0) is 32.9 Å². The van der Waals surface area contributed by atoms with E-state index in [2.05, 4.69) is 210 Å². The molecule has 0 atom stereocenters. The molecule has 0 amide bonds. The zero-order valence-electron chi connectivity index (χ0n) is 42.5. The summed E-state index contributed by atoms with van der Waals surface area (Å²) in [7, 11) is 0. The molecule has 10 rings (SSSR count). The van der Waals surface area contributed by atoms with E-state index < -0.39 is 0 Å². The summed E-state index contributed by atoms with van der Waals surface area (Å²) < 4.78 is 0. The van der Waals surface area contributed by atoms with E-state index in [0.717, 1.165) is 52.2 Å². The normalized spacial score (nSPS) is 10.7. The number of rotatable bonds is 11. The zero-order valence-corrected chi connectivity index (χ0v) is 44.8. The van der Waals surface area contributed by atoms with Crippen LogP contribution in [0.5, 0.6) is 0 Å². The Labute approximate surface area is 442 Å². The van der Waals surface area contributed by atoms with Crippen LogP contribution < -0.4 is 0 Å². The van der Waals surface area contributed by atoms with E-state index in [1.165, 1.54) is 66.8 Å². The predicted molar refractivity (Wildman–Crippen MR) is 299 cm³/mol. The van der Waals surface area contributed by atoms with Crippen molar-refractivity contribution >= 4 is 0 Å². The number of pyridine rings is 3. The van der Waals surface area contributed by atoms with Gasteiger partial charge in [0.1, 0.15) is 0 Å². The molecule has 72 heavy (non-hydrogen) atoms. The Morgan fingerprint density at radius 3 is 1.51 bits per heavy atom. The second-order valence-corrected chi connectivity index (χ2v) is 19.0. The third-order valence-corrected chi connectivity index (χ3v) is 12.3. The number of nitrogens with zero attached hydrogens (tertiary/aromatic N) is 3. The van der Waals surface area contributed by atoms with E-state index in [0.29, 0.717) is 11.8 Å². The van der Waals surface area contributed by atoms with Crippen LogP contribution in [0.3, 0.4) is 0 Å². The minimum absolute atomic E-state index is 0. The molecule has 3 nitrogen and oxygen atoms in total. The number of aryl methyl sites for hydroxylation is 3. The number of hydrogen-bond acceptors (Lipinski definition) is 3. The Morgan fingerprint density at radius 1 is 0.375 bits per heavy atom. The van der Waals surface area contributed by atoms with Gasteiger partial charge in [-0.15, -0.1) is 95.1 Å². The molecule has 0 aliphatic rings. The summed E-state index contributed by atoms with van der Waals surface area (Å²) in [6.45, 7) is 15.4. The average Bonchev–Trinajstić information content (AvgIpc) is 3.40. The minimum atomic E-state index is 0. The molecule has 0 radical (unpaired) electrons. The van der Waals surface area contributed by atoms with Crippen molar-refractivity contribution in [3.05, 3.63) is 259 Å². The van der Waals surface area contributed by atoms with Gasteiger partial charge in [-0.1, -0.05) is 202 Å². The van der Waals surface area contributed by atoms with E-state index in [9.17, 15) is 0 Å². The molecule has 0 saturated heterocycles. The van der Waals surface area contributed by atoms with Crippen LogP contribution in [0.25, 0.3) is 78.3 Å². The van der Waals surface area contributed by atoms with Crippen LogP contribution in [0.2, 0.25) is 0 Å². The molecule has 7 aromatic carbocycles. The molecule has 0 aliphatic heterocycles. The average molecular weight is 1110 g/mol. The van der Waals surface area contributed by atoms with Gasteiger partial charge in [0.25, 0.3) is 0 Å². The van der Waals surface area contributed by atoms with E-state index in [4.69, 9.17) is 4.98 Å². The Bertz CT molecular complexity index is 3140. The van der Waals surface area contributed by atoms with Gasteiger partial charge < -0.3 is 15.0 Å². The van der Waals surface area contributed by atoms with Crippen molar-refractivity contribution in [2.75, 3.05) is 0 Å². The van der Waals surface area contributed by atoms with Gasteiger partial charge in [-0.25, -0.2) is 0 Å². The van der Waals surface area contributed by atoms with Gasteiger partial charge in [0.15, 0.2) is 0 Å².